The van der Waals surface area contributed by atoms with E-state index in [-0.39, 0.29) is 6.04 Å². The number of unbranched alkanes of at least 4 members (excludes halogenated alkanes) is 1. The number of nitrogens with zero attached hydrogens (tertiary/aromatic N) is 2. The molecule has 1 aliphatic heterocycles. The maximum Gasteiger partial charge on any atom is 0.114 e. The van der Waals surface area contributed by atoms with Crippen LogP contribution >= 0.6 is 0 Å². The van der Waals surface area contributed by atoms with Crippen molar-refractivity contribution in [3.05, 3.63) is 72.4 Å². The predicted octanol–water partition coefficient (Wildman–Crippen LogP) is 4.32. The molecule has 1 aliphatic carbocycles. The number of hydrogen-bond acceptors (Lipinski definition) is 4. The minimum Gasteiger partial charge on any atom is -0.403 e. The van der Waals surface area contributed by atoms with Gasteiger partial charge in [-0.2, -0.15) is 0 Å². The molecule has 0 aromatic carbocycles. The van der Waals surface area contributed by atoms with Crippen LogP contribution in [0, 0.1) is 0 Å². The lowest BCUT2D eigenvalue weighted by molar-refractivity contribution is 0.754. The summed E-state index contributed by atoms with van der Waals surface area (Å²) >= 11 is 0. The van der Waals surface area contributed by atoms with Crippen LogP contribution in [0.15, 0.2) is 82.4 Å². The van der Waals surface area contributed by atoms with Gasteiger partial charge in [0, 0.05) is 6.20 Å². The fraction of sp³-hybridized carbons (Fsp3) is 0.333. The van der Waals surface area contributed by atoms with Gasteiger partial charge in [0.25, 0.3) is 0 Å². The summed E-state index contributed by atoms with van der Waals surface area (Å²) in [5.41, 5.74) is 9.20. The molecule has 0 radical (unpaired) electrons. The summed E-state index contributed by atoms with van der Waals surface area (Å²) < 4.78 is 0. The van der Waals surface area contributed by atoms with Gasteiger partial charge in [-0.15, -0.1) is 0 Å². The van der Waals surface area contributed by atoms with Crippen molar-refractivity contribution < 1.29 is 0 Å². The fourth-order valence-electron chi connectivity index (χ4n) is 2.48. The first kappa shape index (κ1) is 18.7. The zero-order valence-electron chi connectivity index (χ0n) is 15.2. The molecular formula is C21H28N4. The smallest absolute Gasteiger partial charge is 0.114 e. The van der Waals surface area contributed by atoms with Gasteiger partial charge in [-0.3, -0.25) is 4.99 Å². The van der Waals surface area contributed by atoms with Gasteiger partial charge in [-0.1, -0.05) is 49.8 Å². The Morgan fingerprint density at radius 3 is 3.00 bits per heavy atom. The average molecular weight is 336 g/mol. The first-order chi connectivity index (χ1) is 12.2. The lowest BCUT2D eigenvalue weighted by Gasteiger charge is -2.16. The molecular weight excluding hydrogens is 308 g/mol. The molecule has 0 aromatic heterocycles. The zero-order chi connectivity index (χ0) is 17.9. The van der Waals surface area contributed by atoms with Gasteiger partial charge < -0.3 is 11.1 Å². The van der Waals surface area contributed by atoms with Crippen LogP contribution in [0.5, 0.6) is 0 Å². The molecule has 3 N–H and O–H groups in total. The van der Waals surface area contributed by atoms with Crippen molar-refractivity contribution in [2.24, 2.45) is 15.7 Å². The molecule has 1 atom stereocenters. The van der Waals surface area contributed by atoms with E-state index in [9.17, 15) is 0 Å². The van der Waals surface area contributed by atoms with Crippen molar-refractivity contribution in [3.63, 3.8) is 0 Å². The van der Waals surface area contributed by atoms with Gasteiger partial charge in [0.15, 0.2) is 0 Å². The molecule has 2 aliphatic rings. The molecule has 0 amide bonds. The molecule has 25 heavy (non-hydrogen) atoms. The Balaban J connectivity index is 2.34. The second kappa shape index (κ2) is 10.3. The molecule has 1 heterocycles. The largest absolute Gasteiger partial charge is 0.403 e. The molecule has 0 bridgehead atoms. The van der Waals surface area contributed by atoms with Crippen LogP contribution < -0.4 is 11.1 Å². The molecule has 4 heteroatoms. The molecule has 2 rings (SSSR count). The zero-order valence-corrected chi connectivity index (χ0v) is 15.2. The molecule has 0 saturated carbocycles. The summed E-state index contributed by atoms with van der Waals surface area (Å²) in [4.78, 5) is 9.60. The van der Waals surface area contributed by atoms with Gasteiger partial charge in [-0.05, 0) is 44.5 Å². The van der Waals surface area contributed by atoms with Gasteiger partial charge in [0.05, 0.1) is 23.1 Å². The Morgan fingerprint density at radius 1 is 1.36 bits per heavy atom. The van der Waals surface area contributed by atoms with E-state index < -0.39 is 0 Å². The third kappa shape index (κ3) is 6.07. The topological polar surface area (TPSA) is 62.8 Å². The summed E-state index contributed by atoms with van der Waals surface area (Å²) in [7, 11) is 0. The summed E-state index contributed by atoms with van der Waals surface area (Å²) in [5, 5.41) is 3.26. The molecule has 0 aromatic rings. The summed E-state index contributed by atoms with van der Waals surface area (Å²) in [5.74, 6) is 0. The minimum atomic E-state index is 0.250. The van der Waals surface area contributed by atoms with Crippen molar-refractivity contribution in [2.75, 3.05) is 0 Å². The Morgan fingerprint density at radius 2 is 2.24 bits per heavy atom. The van der Waals surface area contributed by atoms with Crippen LogP contribution in [-0.2, 0) is 0 Å². The first-order valence-corrected chi connectivity index (χ1v) is 8.95. The number of allylic oxidation sites excluding steroid dienone is 8. The third-order valence-electron chi connectivity index (χ3n) is 3.81. The third-order valence-corrected chi connectivity index (χ3v) is 3.81. The highest BCUT2D eigenvalue weighted by Crippen LogP contribution is 2.14. The van der Waals surface area contributed by atoms with Crippen LogP contribution in [-0.4, -0.2) is 17.5 Å². The number of nitrogens with two attached hydrogens (primary N) is 1. The Labute approximate surface area is 151 Å². The number of dihydropyridines is 1. The Kier molecular flexibility index (Phi) is 7.70. The van der Waals surface area contributed by atoms with E-state index in [1.807, 2.05) is 30.5 Å². The van der Waals surface area contributed by atoms with Gasteiger partial charge >= 0.3 is 0 Å². The van der Waals surface area contributed by atoms with E-state index in [0.29, 0.717) is 0 Å². The highest BCUT2D eigenvalue weighted by molar-refractivity contribution is 6.52. The maximum absolute atomic E-state index is 5.90. The van der Waals surface area contributed by atoms with Crippen molar-refractivity contribution in [1.82, 2.24) is 5.32 Å². The predicted molar refractivity (Wildman–Crippen MR) is 109 cm³/mol. The standard InChI is InChI=1S/C21H28N4/c1-3-4-9-15-23-20(16-22)21(19-14-10-11-17(2)24-19)25-18-12-7-5-6-8-13-18/h5-7,9-10,12-17,23H,3-4,8,11,22H2,1-2H3/b15-9-,20-16-,25-21?/t17-/m0/s1. The molecule has 132 valence electrons. The molecule has 0 spiro atoms. The van der Waals surface area contributed by atoms with Crippen molar-refractivity contribution in [2.45, 2.75) is 45.6 Å². The minimum absolute atomic E-state index is 0.250. The van der Waals surface area contributed by atoms with E-state index in [0.717, 1.165) is 48.5 Å². The van der Waals surface area contributed by atoms with Crippen molar-refractivity contribution in [1.29, 1.82) is 0 Å². The van der Waals surface area contributed by atoms with Gasteiger partial charge in [0.2, 0.25) is 0 Å². The van der Waals surface area contributed by atoms with Crippen LogP contribution in [0.4, 0.5) is 0 Å². The van der Waals surface area contributed by atoms with Gasteiger partial charge in [-0.25, -0.2) is 4.99 Å². The summed E-state index contributed by atoms with van der Waals surface area (Å²) in [6.45, 7) is 4.26. The fourth-order valence-corrected chi connectivity index (χ4v) is 2.48. The molecule has 0 unspecified atom stereocenters. The SMILES string of the molecule is CCC/C=C\N/C(=C\N)C(=NC1=CCC=CC=C1)C1=N[C@@H](C)CC=C1. The molecule has 0 fully saturated rings. The maximum atomic E-state index is 5.90. The highest BCUT2D eigenvalue weighted by Gasteiger charge is 2.16. The average Bonchev–Trinajstić information content (AvgIpc) is 2.89. The first-order valence-electron chi connectivity index (χ1n) is 8.95. The molecule has 0 saturated heterocycles. The number of hydrogen-bond donors (Lipinski definition) is 2. The lowest BCUT2D eigenvalue weighted by atomic mass is 10.1. The number of aliphatic imine (C=N–C) groups is 2. The summed E-state index contributed by atoms with van der Waals surface area (Å²) in [6.07, 6.45) is 23.9. The van der Waals surface area contributed by atoms with Crippen LogP contribution in [0.1, 0.15) is 39.5 Å². The quantitative estimate of drug-likeness (QED) is 0.680. The normalized spacial score (nSPS) is 21.3. The van der Waals surface area contributed by atoms with Crippen molar-refractivity contribution in [3.8, 4) is 0 Å². The van der Waals surface area contributed by atoms with Crippen molar-refractivity contribution >= 4 is 11.4 Å². The van der Waals surface area contributed by atoms with Crippen LogP contribution in [0.25, 0.3) is 0 Å². The van der Waals surface area contributed by atoms with E-state index in [1.54, 1.807) is 6.20 Å². The molecule has 4 nitrogen and oxygen atoms in total. The Hall–Kier alpha value is -2.62. The lowest BCUT2D eigenvalue weighted by Crippen LogP contribution is -2.26. The number of rotatable bonds is 7. The van der Waals surface area contributed by atoms with Crippen LogP contribution in [0.2, 0.25) is 0 Å². The van der Waals surface area contributed by atoms with E-state index in [1.165, 1.54) is 0 Å². The second-order valence-corrected chi connectivity index (χ2v) is 6.03. The van der Waals surface area contributed by atoms with Crippen LogP contribution in [0.3, 0.4) is 0 Å². The highest BCUT2D eigenvalue weighted by atomic mass is 14.9. The monoisotopic (exact) mass is 336 g/mol. The van der Waals surface area contributed by atoms with E-state index in [2.05, 4.69) is 43.5 Å². The second-order valence-electron chi connectivity index (χ2n) is 6.03. The summed E-state index contributed by atoms with van der Waals surface area (Å²) in [6, 6.07) is 0.250. The number of nitrogens with one attached hydrogen (secondary N) is 1. The Bertz CT molecular complexity index is 685. The van der Waals surface area contributed by atoms with E-state index in [4.69, 9.17) is 15.7 Å². The van der Waals surface area contributed by atoms with E-state index >= 15 is 0 Å². The van der Waals surface area contributed by atoms with Gasteiger partial charge in [0.1, 0.15) is 5.71 Å².